The van der Waals surface area contributed by atoms with E-state index < -0.39 is 11.9 Å². The molecule has 0 radical (unpaired) electrons. The highest BCUT2D eigenvalue weighted by atomic mass is 16.5. The van der Waals surface area contributed by atoms with E-state index in [1.165, 1.54) is 12.1 Å². The molecule has 1 amide bonds. The Bertz CT molecular complexity index is 1170. The molecule has 154 valence electrons. The lowest BCUT2D eigenvalue weighted by Gasteiger charge is -2.08. The summed E-state index contributed by atoms with van der Waals surface area (Å²) in [6, 6.07) is 22.7. The van der Waals surface area contributed by atoms with Gasteiger partial charge in [0.1, 0.15) is 24.0 Å². The molecular formula is C25H20N2O4. The van der Waals surface area contributed by atoms with Crippen LogP contribution in [0.3, 0.4) is 0 Å². The van der Waals surface area contributed by atoms with Crippen molar-refractivity contribution in [1.29, 1.82) is 5.26 Å². The summed E-state index contributed by atoms with van der Waals surface area (Å²) >= 11 is 0. The van der Waals surface area contributed by atoms with Crippen molar-refractivity contribution in [3.05, 3.63) is 101 Å². The average Bonchev–Trinajstić information content (AvgIpc) is 2.77. The molecule has 3 aromatic rings. The van der Waals surface area contributed by atoms with E-state index in [1.54, 1.807) is 48.5 Å². The van der Waals surface area contributed by atoms with Gasteiger partial charge in [-0.2, -0.15) is 5.26 Å². The van der Waals surface area contributed by atoms with Crippen molar-refractivity contribution in [1.82, 2.24) is 0 Å². The fourth-order valence-corrected chi connectivity index (χ4v) is 2.86. The molecular weight excluding hydrogens is 392 g/mol. The van der Waals surface area contributed by atoms with Crippen molar-refractivity contribution in [2.75, 3.05) is 5.32 Å². The van der Waals surface area contributed by atoms with Gasteiger partial charge in [0.05, 0.1) is 5.56 Å². The minimum absolute atomic E-state index is 0.0133. The molecule has 0 atom stereocenters. The second-order valence-corrected chi connectivity index (χ2v) is 6.86. The van der Waals surface area contributed by atoms with Crippen LogP contribution in [0.4, 0.5) is 5.69 Å². The first-order chi connectivity index (χ1) is 14.9. The van der Waals surface area contributed by atoms with E-state index in [0.29, 0.717) is 17.0 Å². The van der Waals surface area contributed by atoms with Gasteiger partial charge in [-0.3, -0.25) is 4.79 Å². The number of amides is 1. The van der Waals surface area contributed by atoms with Crippen LogP contribution in [-0.4, -0.2) is 17.0 Å². The minimum atomic E-state index is -0.988. The van der Waals surface area contributed by atoms with E-state index in [9.17, 15) is 14.9 Å². The van der Waals surface area contributed by atoms with Crippen molar-refractivity contribution < 1.29 is 19.4 Å². The number of nitrogens with one attached hydrogen (secondary N) is 1. The zero-order valence-corrected chi connectivity index (χ0v) is 16.8. The SMILES string of the molecule is Cc1cccc(NC(=O)/C(C#N)=C\c2ccc(OCc3cccc(C(=O)O)c3)cc2)c1. The van der Waals surface area contributed by atoms with E-state index in [4.69, 9.17) is 9.84 Å². The third-order valence-electron chi connectivity index (χ3n) is 4.41. The van der Waals surface area contributed by atoms with E-state index >= 15 is 0 Å². The number of benzene rings is 3. The predicted octanol–water partition coefficient (Wildman–Crippen LogP) is 4.82. The molecule has 0 saturated carbocycles. The molecule has 0 heterocycles. The van der Waals surface area contributed by atoms with Crippen molar-refractivity contribution in [3.63, 3.8) is 0 Å². The van der Waals surface area contributed by atoms with E-state index in [0.717, 1.165) is 11.1 Å². The van der Waals surface area contributed by atoms with E-state index in [1.807, 2.05) is 31.2 Å². The van der Waals surface area contributed by atoms with E-state index in [-0.39, 0.29) is 17.7 Å². The van der Waals surface area contributed by atoms with Crippen molar-refractivity contribution in [2.24, 2.45) is 0 Å². The summed E-state index contributed by atoms with van der Waals surface area (Å²) < 4.78 is 5.69. The third kappa shape index (κ3) is 6.05. The number of aromatic carboxylic acids is 1. The molecule has 31 heavy (non-hydrogen) atoms. The lowest BCUT2D eigenvalue weighted by molar-refractivity contribution is -0.112. The number of rotatable bonds is 7. The Kier molecular flexibility index (Phi) is 6.82. The first kappa shape index (κ1) is 21.3. The van der Waals surface area contributed by atoms with E-state index in [2.05, 4.69) is 5.32 Å². The summed E-state index contributed by atoms with van der Waals surface area (Å²) in [5.74, 6) is -0.884. The topological polar surface area (TPSA) is 99.4 Å². The number of carboxylic acids is 1. The van der Waals surface area contributed by atoms with Gasteiger partial charge in [0.2, 0.25) is 0 Å². The van der Waals surface area contributed by atoms with Crippen molar-refractivity contribution >= 4 is 23.6 Å². The van der Waals surface area contributed by atoms with Crippen LogP contribution >= 0.6 is 0 Å². The lowest BCUT2D eigenvalue weighted by Crippen LogP contribution is -2.13. The maximum atomic E-state index is 12.4. The van der Waals surface area contributed by atoms with Gasteiger partial charge in [-0.1, -0.05) is 36.4 Å². The molecule has 3 rings (SSSR count). The Morgan fingerprint density at radius 1 is 1.06 bits per heavy atom. The monoisotopic (exact) mass is 412 g/mol. The molecule has 6 heteroatoms. The Labute approximate surface area is 180 Å². The van der Waals surface area contributed by atoms with Gasteiger partial charge in [-0.05, 0) is 66.1 Å². The standard InChI is InChI=1S/C25H20N2O4/c1-17-4-2-7-22(12-17)27-24(28)21(15-26)13-18-8-10-23(11-9-18)31-16-19-5-3-6-20(14-19)25(29)30/h2-14H,16H2,1H3,(H,27,28)(H,29,30)/b21-13-. The van der Waals surface area contributed by atoms with Gasteiger partial charge in [-0.25, -0.2) is 4.79 Å². The Balaban J connectivity index is 1.65. The highest BCUT2D eigenvalue weighted by Crippen LogP contribution is 2.18. The zero-order valence-electron chi connectivity index (χ0n) is 16.8. The quantitative estimate of drug-likeness (QED) is 0.428. The van der Waals surface area contributed by atoms with Crippen LogP contribution in [0.15, 0.2) is 78.4 Å². The van der Waals surface area contributed by atoms with Gasteiger partial charge >= 0.3 is 5.97 Å². The van der Waals surface area contributed by atoms with Gasteiger partial charge in [-0.15, -0.1) is 0 Å². The number of carbonyl (C=O) groups excluding carboxylic acids is 1. The molecule has 0 unspecified atom stereocenters. The number of ether oxygens (including phenoxy) is 1. The van der Waals surface area contributed by atoms with Crippen LogP contribution in [-0.2, 0) is 11.4 Å². The summed E-state index contributed by atoms with van der Waals surface area (Å²) in [5.41, 5.74) is 3.24. The maximum Gasteiger partial charge on any atom is 0.335 e. The molecule has 0 saturated heterocycles. The second-order valence-electron chi connectivity index (χ2n) is 6.86. The molecule has 3 aromatic carbocycles. The van der Waals surface area contributed by atoms with Crippen LogP contribution in [0.1, 0.15) is 27.0 Å². The van der Waals surface area contributed by atoms with Crippen molar-refractivity contribution in [3.8, 4) is 11.8 Å². The molecule has 0 aliphatic rings. The molecule has 6 nitrogen and oxygen atoms in total. The van der Waals surface area contributed by atoms with Crippen LogP contribution in [0, 0.1) is 18.3 Å². The summed E-state index contributed by atoms with van der Waals surface area (Å²) in [7, 11) is 0. The highest BCUT2D eigenvalue weighted by Gasteiger charge is 2.10. The first-order valence-electron chi connectivity index (χ1n) is 9.49. The number of carboxylic acid groups (broad SMARTS) is 1. The highest BCUT2D eigenvalue weighted by molar-refractivity contribution is 6.09. The summed E-state index contributed by atoms with van der Waals surface area (Å²) in [4.78, 5) is 23.4. The number of aryl methyl sites for hydroxylation is 1. The number of hydrogen-bond donors (Lipinski definition) is 2. The number of carbonyl (C=O) groups is 2. The van der Waals surface area contributed by atoms with Crippen LogP contribution in [0.25, 0.3) is 6.08 Å². The fourth-order valence-electron chi connectivity index (χ4n) is 2.86. The fraction of sp³-hybridized carbons (Fsp3) is 0.0800. The summed E-state index contributed by atoms with van der Waals surface area (Å²) in [6.07, 6.45) is 1.51. The van der Waals surface area contributed by atoms with Crippen molar-refractivity contribution in [2.45, 2.75) is 13.5 Å². The first-order valence-corrected chi connectivity index (χ1v) is 9.49. The number of hydrogen-bond acceptors (Lipinski definition) is 4. The largest absolute Gasteiger partial charge is 0.489 e. The normalized spacial score (nSPS) is 10.8. The predicted molar refractivity (Wildman–Crippen MR) is 118 cm³/mol. The van der Waals surface area contributed by atoms with Gasteiger partial charge in [0.25, 0.3) is 5.91 Å². The lowest BCUT2D eigenvalue weighted by atomic mass is 10.1. The van der Waals surface area contributed by atoms with Crippen LogP contribution in [0.2, 0.25) is 0 Å². The van der Waals surface area contributed by atoms with Gasteiger partial charge < -0.3 is 15.2 Å². The Morgan fingerprint density at radius 2 is 1.81 bits per heavy atom. The van der Waals surface area contributed by atoms with Gasteiger partial charge in [0.15, 0.2) is 0 Å². The van der Waals surface area contributed by atoms with Crippen LogP contribution in [0.5, 0.6) is 5.75 Å². The molecule has 2 N–H and O–H groups in total. The number of nitriles is 1. The third-order valence-corrected chi connectivity index (χ3v) is 4.41. The smallest absolute Gasteiger partial charge is 0.335 e. The summed E-state index contributed by atoms with van der Waals surface area (Å²) in [5, 5.41) is 21.1. The zero-order chi connectivity index (χ0) is 22.2. The molecule has 0 spiro atoms. The van der Waals surface area contributed by atoms with Gasteiger partial charge in [0, 0.05) is 5.69 Å². The number of anilines is 1. The Hall–Kier alpha value is -4.37. The molecule has 0 aromatic heterocycles. The molecule has 0 bridgehead atoms. The van der Waals surface area contributed by atoms with Crippen LogP contribution < -0.4 is 10.1 Å². The second kappa shape index (κ2) is 9.90. The number of nitrogens with zero attached hydrogens (tertiary/aromatic N) is 1. The average molecular weight is 412 g/mol. The summed E-state index contributed by atoms with van der Waals surface area (Å²) in [6.45, 7) is 2.14. The Morgan fingerprint density at radius 3 is 2.48 bits per heavy atom. The molecule has 0 fully saturated rings. The molecule has 0 aliphatic heterocycles. The molecule has 0 aliphatic carbocycles. The minimum Gasteiger partial charge on any atom is -0.489 e. The maximum absolute atomic E-state index is 12.4.